The van der Waals surface area contributed by atoms with Gasteiger partial charge in [0, 0.05) is 0 Å². The molecule has 5 heteroatoms. The molecule has 1 unspecified atom stereocenters. The summed E-state index contributed by atoms with van der Waals surface area (Å²) in [7, 11) is 1.33. The minimum absolute atomic E-state index is 0.317. The lowest BCUT2D eigenvalue weighted by Crippen LogP contribution is -2.18. The van der Waals surface area contributed by atoms with E-state index in [2.05, 4.69) is 36.6 Å². The summed E-state index contributed by atoms with van der Waals surface area (Å²) in [5.41, 5.74) is 0.857. The maximum atomic E-state index is 12.9. The lowest BCUT2D eigenvalue weighted by molar-refractivity contribution is -0.139. The van der Waals surface area contributed by atoms with Crippen molar-refractivity contribution in [3.63, 3.8) is 0 Å². The van der Waals surface area contributed by atoms with Gasteiger partial charge in [-0.3, -0.25) is 4.79 Å². The van der Waals surface area contributed by atoms with Gasteiger partial charge in [-0.05, 0) is 40.0 Å². The fourth-order valence-electron chi connectivity index (χ4n) is 1.08. The first-order valence-corrected chi connectivity index (χ1v) is 5.91. The fourth-order valence-corrected chi connectivity index (χ4v) is 2.07. The molecule has 0 aliphatic carbocycles. The number of esters is 1. The molecule has 15 heavy (non-hydrogen) atoms. The summed E-state index contributed by atoms with van der Waals surface area (Å²) < 4.78 is 17.9. The Balaban J connectivity index is 2.73. The average molecular weight is 340 g/mol. The Bertz CT molecular complexity index is 368. The standard InChI is InChI=1S/C10H9Br2FO2/c1-15-10(14)8(12)5-6-2-3-9(13)7(11)4-6/h2-4,8H,5H2,1H3. The molecule has 0 aliphatic rings. The van der Waals surface area contributed by atoms with Crippen LogP contribution >= 0.6 is 31.9 Å². The van der Waals surface area contributed by atoms with Gasteiger partial charge in [0.15, 0.2) is 0 Å². The van der Waals surface area contributed by atoms with Crippen LogP contribution in [-0.4, -0.2) is 17.9 Å². The number of carbonyl (C=O) groups excluding carboxylic acids is 1. The summed E-state index contributed by atoms with van der Waals surface area (Å²) in [5, 5.41) is 0. The van der Waals surface area contributed by atoms with Crippen LogP contribution in [0.2, 0.25) is 0 Å². The Hall–Kier alpha value is -0.420. The molecular formula is C10H9Br2FO2. The molecule has 0 aliphatic heterocycles. The molecule has 1 aromatic carbocycles. The summed E-state index contributed by atoms with van der Waals surface area (Å²) in [6.07, 6.45) is 0.464. The molecule has 2 nitrogen and oxygen atoms in total. The van der Waals surface area contributed by atoms with Gasteiger partial charge in [-0.15, -0.1) is 0 Å². The lowest BCUT2D eigenvalue weighted by atomic mass is 10.1. The van der Waals surface area contributed by atoms with Crippen LogP contribution in [0.15, 0.2) is 22.7 Å². The zero-order valence-electron chi connectivity index (χ0n) is 7.97. The van der Waals surface area contributed by atoms with Crippen molar-refractivity contribution < 1.29 is 13.9 Å². The van der Waals surface area contributed by atoms with E-state index in [9.17, 15) is 9.18 Å². The van der Waals surface area contributed by atoms with Crippen LogP contribution in [0.1, 0.15) is 5.56 Å². The molecule has 1 atom stereocenters. The van der Waals surface area contributed by atoms with Gasteiger partial charge >= 0.3 is 5.97 Å². The van der Waals surface area contributed by atoms with Crippen LogP contribution < -0.4 is 0 Å². The highest BCUT2D eigenvalue weighted by Gasteiger charge is 2.16. The van der Waals surface area contributed by atoms with Gasteiger partial charge in [0.05, 0.1) is 11.6 Å². The number of alkyl halides is 1. The first kappa shape index (κ1) is 12.6. The van der Waals surface area contributed by atoms with Crippen LogP contribution in [0, 0.1) is 5.82 Å². The normalized spacial score (nSPS) is 12.3. The van der Waals surface area contributed by atoms with Crippen molar-refractivity contribution in [1.29, 1.82) is 0 Å². The quantitative estimate of drug-likeness (QED) is 0.625. The molecule has 0 saturated heterocycles. The largest absolute Gasteiger partial charge is 0.468 e. The highest BCUT2D eigenvalue weighted by Crippen LogP contribution is 2.19. The molecule has 1 rings (SSSR count). The average Bonchev–Trinajstić information content (AvgIpc) is 2.22. The molecule has 0 amide bonds. The Morgan fingerprint density at radius 2 is 2.27 bits per heavy atom. The maximum Gasteiger partial charge on any atom is 0.319 e. The second-order valence-electron chi connectivity index (χ2n) is 2.94. The van der Waals surface area contributed by atoms with Crippen LogP contribution in [0.3, 0.4) is 0 Å². The third kappa shape index (κ3) is 3.57. The maximum absolute atomic E-state index is 12.9. The van der Waals surface area contributed by atoms with E-state index in [1.54, 1.807) is 12.1 Å². The van der Waals surface area contributed by atoms with E-state index < -0.39 is 4.83 Å². The number of ether oxygens (including phenoxy) is 1. The van der Waals surface area contributed by atoms with E-state index in [0.29, 0.717) is 10.9 Å². The summed E-state index contributed by atoms with van der Waals surface area (Å²) in [6, 6.07) is 4.64. The van der Waals surface area contributed by atoms with Gasteiger partial charge < -0.3 is 4.74 Å². The van der Waals surface area contributed by atoms with Gasteiger partial charge in [0.2, 0.25) is 0 Å². The van der Waals surface area contributed by atoms with Crippen molar-refractivity contribution in [2.24, 2.45) is 0 Å². The molecule has 0 N–H and O–H groups in total. The molecule has 0 radical (unpaired) electrons. The van der Waals surface area contributed by atoms with E-state index >= 15 is 0 Å². The molecule has 0 saturated carbocycles. The van der Waals surface area contributed by atoms with E-state index in [0.717, 1.165) is 5.56 Å². The number of hydrogen-bond acceptors (Lipinski definition) is 2. The Labute approximate surface area is 104 Å². The van der Waals surface area contributed by atoms with E-state index in [1.807, 2.05) is 0 Å². The van der Waals surface area contributed by atoms with Crippen molar-refractivity contribution in [2.75, 3.05) is 7.11 Å². The molecular weight excluding hydrogens is 331 g/mol. The van der Waals surface area contributed by atoms with Crippen molar-refractivity contribution in [2.45, 2.75) is 11.2 Å². The molecule has 0 heterocycles. The van der Waals surface area contributed by atoms with Gasteiger partial charge in [0.25, 0.3) is 0 Å². The minimum atomic E-state index is -0.403. The van der Waals surface area contributed by atoms with Gasteiger partial charge in [-0.25, -0.2) is 4.39 Å². The molecule has 0 aromatic heterocycles. The number of carbonyl (C=O) groups is 1. The zero-order chi connectivity index (χ0) is 11.4. The fraction of sp³-hybridized carbons (Fsp3) is 0.300. The number of methoxy groups -OCH3 is 1. The highest BCUT2D eigenvalue weighted by molar-refractivity contribution is 9.10. The second-order valence-corrected chi connectivity index (χ2v) is 4.90. The topological polar surface area (TPSA) is 26.3 Å². The third-order valence-electron chi connectivity index (χ3n) is 1.86. The molecule has 0 fully saturated rings. The predicted molar refractivity (Wildman–Crippen MR) is 62.5 cm³/mol. The molecule has 0 bridgehead atoms. The van der Waals surface area contributed by atoms with E-state index in [-0.39, 0.29) is 11.8 Å². The number of rotatable bonds is 3. The van der Waals surface area contributed by atoms with Crippen molar-refractivity contribution >= 4 is 37.8 Å². The zero-order valence-corrected chi connectivity index (χ0v) is 11.1. The Morgan fingerprint density at radius 3 is 2.80 bits per heavy atom. The summed E-state index contributed by atoms with van der Waals surface area (Å²) >= 11 is 6.28. The monoisotopic (exact) mass is 338 g/mol. The lowest BCUT2D eigenvalue weighted by Gasteiger charge is -2.07. The van der Waals surface area contributed by atoms with Gasteiger partial charge in [-0.1, -0.05) is 22.0 Å². The van der Waals surface area contributed by atoms with E-state index in [1.165, 1.54) is 13.2 Å². The van der Waals surface area contributed by atoms with Gasteiger partial charge in [-0.2, -0.15) is 0 Å². The van der Waals surface area contributed by atoms with Gasteiger partial charge in [0.1, 0.15) is 10.6 Å². The van der Waals surface area contributed by atoms with Crippen molar-refractivity contribution in [3.8, 4) is 0 Å². The molecule has 82 valence electrons. The summed E-state index contributed by atoms with van der Waals surface area (Å²) in [6.45, 7) is 0. The van der Waals surface area contributed by atoms with E-state index in [4.69, 9.17) is 0 Å². The molecule has 0 spiro atoms. The van der Waals surface area contributed by atoms with Crippen LogP contribution in [0.4, 0.5) is 4.39 Å². The highest BCUT2D eigenvalue weighted by atomic mass is 79.9. The Morgan fingerprint density at radius 1 is 1.60 bits per heavy atom. The third-order valence-corrected chi connectivity index (χ3v) is 3.16. The smallest absolute Gasteiger partial charge is 0.319 e. The van der Waals surface area contributed by atoms with Crippen LogP contribution in [-0.2, 0) is 16.0 Å². The number of halogens is 3. The second kappa shape index (κ2) is 5.61. The van der Waals surface area contributed by atoms with Crippen molar-refractivity contribution in [3.05, 3.63) is 34.1 Å². The minimum Gasteiger partial charge on any atom is -0.468 e. The first-order valence-electron chi connectivity index (χ1n) is 4.20. The summed E-state index contributed by atoms with van der Waals surface area (Å²) in [5.74, 6) is -0.654. The Kier molecular flexibility index (Phi) is 4.73. The predicted octanol–water partition coefficient (Wildman–Crippen LogP) is 3.07. The summed E-state index contributed by atoms with van der Waals surface area (Å²) in [4.78, 5) is 10.7. The van der Waals surface area contributed by atoms with Crippen molar-refractivity contribution in [1.82, 2.24) is 0 Å². The number of hydrogen-bond donors (Lipinski definition) is 0. The van der Waals surface area contributed by atoms with Crippen LogP contribution in [0.25, 0.3) is 0 Å². The van der Waals surface area contributed by atoms with Crippen LogP contribution in [0.5, 0.6) is 0 Å². The number of benzene rings is 1. The molecule has 1 aromatic rings. The first-order chi connectivity index (χ1) is 7.04. The SMILES string of the molecule is COC(=O)C(Br)Cc1ccc(F)c(Br)c1.